The lowest BCUT2D eigenvalue weighted by molar-refractivity contribution is -0.119. The van der Waals surface area contributed by atoms with Gasteiger partial charge >= 0.3 is 0 Å². The molecule has 29 heavy (non-hydrogen) atoms. The number of amides is 1. The molecule has 2 heterocycles. The van der Waals surface area contributed by atoms with Crippen LogP contribution in [0.2, 0.25) is 5.02 Å². The first kappa shape index (κ1) is 19.0. The summed E-state index contributed by atoms with van der Waals surface area (Å²) in [5, 5.41) is 7.70. The fourth-order valence-electron chi connectivity index (χ4n) is 2.94. The third-order valence-electron chi connectivity index (χ3n) is 4.68. The number of aryl methyl sites for hydroxylation is 1. The summed E-state index contributed by atoms with van der Waals surface area (Å²) in [6.07, 6.45) is 0. The Labute approximate surface area is 171 Å². The van der Waals surface area contributed by atoms with Gasteiger partial charge in [-0.1, -0.05) is 17.7 Å². The van der Waals surface area contributed by atoms with Gasteiger partial charge in [-0.05, 0) is 55.8 Å². The van der Waals surface area contributed by atoms with E-state index >= 15 is 0 Å². The van der Waals surface area contributed by atoms with Crippen molar-refractivity contribution in [2.24, 2.45) is 0 Å². The number of nitrogens with zero attached hydrogens (tertiary/aromatic N) is 2. The zero-order valence-corrected chi connectivity index (χ0v) is 16.6. The second kappa shape index (κ2) is 7.60. The summed E-state index contributed by atoms with van der Waals surface area (Å²) < 4.78 is 11.9. The Kier molecular flexibility index (Phi) is 4.98. The zero-order valence-electron chi connectivity index (χ0n) is 15.8. The van der Waals surface area contributed by atoms with E-state index in [2.05, 4.69) is 10.4 Å². The molecule has 0 fully saturated rings. The standard InChI is InChI=1S/C21H18ClN3O4/c1-12-3-5-15(10-16(12)22)23-21(27)13(2)25-20(26)8-6-17(24-25)14-4-7-18-19(9-14)29-11-28-18/h3-10,13H,11H2,1-2H3,(H,23,27). The molecule has 0 saturated carbocycles. The van der Waals surface area contributed by atoms with Gasteiger partial charge in [0, 0.05) is 22.3 Å². The first-order valence-electron chi connectivity index (χ1n) is 8.99. The van der Waals surface area contributed by atoms with E-state index in [4.69, 9.17) is 21.1 Å². The number of rotatable bonds is 4. The molecule has 1 aliphatic heterocycles. The molecule has 148 valence electrons. The smallest absolute Gasteiger partial charge is 0.267 e. The van der Waals surface area contributed by atoms with Crippen LogP contribution in [0.25, 0.3) is 11.3 Å². The molecular weight excluding hydrogens is 394 g/mol. The minimum absolute atomic E-state index is 0.173. The van der Waals surface area contributed by atoms with Gasteiger partial charge in [0.1, 0.15) is 6.04 Å². The van der Waals surface area contributed by atoms with E-state index in [1.54, 1.807) is 37.3 Å². The lowest BCUT2D eigenvalue weighted by atomic mass is 10.1. The molecule has 3 aromatic rings. The third kappa shape index (κ3) is 3.82. The van der Waals surface area contributed by atoms with E-state index in [9.17, 15) is 9.59 Å². The molecule has 1 unspecified atom stereocenters. The van der Waals surface area contributed by atoms with Crippen LogP contribution in [-0.4, -0.2) is 22.5 Å². The van der Waals surface area contributed by atoms with Crippen LogP contribution in [0.1, 0.15) is 18.5 Å². The number of halogens is 1. The number of aromatic nitrogens is 2. The quantitative estimate of drug-likeness (QED) is 0.706. The maximum Gasteiger partial charge on any atom is 0.267 e. The summed E-state index contributed by atoms with van der Waals surface area (Å²) in [5.74, 6) is 0.901. The van der Waals surface area contributed by atoms with E-state index < -0.39 is 6.04 Å². The molecule has 0 spiro atoms. The van der Waals surface area contributed by atoms with Gasteiger partial charge in [0.05, 0.1) is 5.69 Å². The average molecular weight is 412 g/mol. The number of hydrogen-bond acceptors (Lipinski definition) is 5. The lowest BCUT2D eigenvalue weighted by Crippen LogP contribution is -2.33. The van der Waals surface area contributed by atoms with Gasteiger partial charge in [-0.25, -0.2) is 4.68 Å². The van der Waals surface area contributed by atoms with Crippen molar-refractivity contribution >= 4 is 23.2 Å². The van der Waals surface area contributed by atoms with Crippen LogP contribution in [0, 0.1) is 6.92 Å². The Morgan fingerprint density at radius 1 is 1.14 bits per heavy atom. The lowest BCUT2D eigenvalue weighted by Gasteiger charge is -2.15. The molecule has 1 aromatic heterocycles. The van der Waals surface area contributed by atoms with Crippen molar-refractivity contribution in [1.82, 2.24) is 9.78 Å². The van der Waals surface area contributed by atoms with Crippen molar-refractivity contribution in [3.63, 3.8) is 0 Å². The van der Waals surface area contributed by atoms with Crippen molar-refractivity contribution in [3.05, 3.63) is 69.5 Å². The summed E-state index contributed by atoms with van der Waals surface area (Å²) in [5.41, 5.74) is 2.38. The van der Waals surface area contributed by atoms with Crippen LogP contribution in [0.5, 0.6) is 11.5 Å². The molecule has 1 aliphatic rings. The maximum absolute atomic E-state index is 12.7. The van der Waals surface area contributed by atoms with Crippen LogP contribution in [-0.2, 0) is 4.79 Å². The van der Waals surface area contributed by atoms with E-state index in [1.807, 2.05) is 19.1 Å². The summed E-state index contributed by atoms with van der Waals surface area (Å²) in [6, 6.07) is 12.8. The predicted molar refractivity (Wildman–Crippen MR) is 110 cm³/mol. The molecule has 1 atom stereocenters. The van der Waals surface area contributed by atoms with Crippen molar-refractivity contribution in [1.29, 1.82) is 0 Å². The maximum atomic E-state index is 12.7. The number of benzene rings is 2. The number of fused-ring (bicyclic) bond motifs is 1. The summed E-state index contributed by atoms with van der Waals surface area (Å²) in [6.45, 7) is 3.66. The number of carbonyl (C=O) groups is 1. The number of nitrogens with one attached hydrogen (secondary N) is 1. The van der Waals surface area contributed by atoms with Crippen LogP contribution in [0.15, 0.2) is 53.3 Å². The number of carbonyl (C=O) groups excluding carboxylic acids is 1. The highest BCUT2D eigenvalue weighted by Crippen LogP contribution is 2.35. The van der Waals surface area contributed by atoms with Gasteiger partial charge < -0.3 is 14.8 Å². The predicted octanol–water partition coefficient (Wildman–Crippen LogP) is 3.80. The third-order valence-corrected chi connectivity index (χ3v) is 5.09. The number of hydrogen-bond donors (Lipinski definition) is 1. The Hall–Kier alpha value is -3.32. The second-order valence-corrected chi connectivity index (χ2v) is 7.11. The van der Waals surface area contributed by atoms with E-state index in [0.29, 0.717) is 27.9 Å². The highest BCUT2D eigenvalue weighted by atomic mass is 35.5. The zero-order chi connectivity index (χ0) is 20.5. The van der Waals surface area contributed by atoms with E-state index in [0.717, 1.165) is 15.8 Å². The van der Waals surface area contributed by atoms with Crippen LogP contribution >= 0.6 is 11.6 Å². The minimum atomic E-state index is -0.823. The summed E-state index contributed by atoms with van der Waals surface area (Å²) in [7, 11) is 0. The van der Waals surface area contributed by atoms with Crippen molar-refractivity contribution in [2.75, 3.05) is 12.1 Å². The number of anilines is 1. The van der Waals surface area contributed by atoms with Gasteiger partial charge in [0.25, 0.3) is 5.56 Å². The fraction of sp³-hybridized carbons (Fsp3) is 0.190. The van der Waals surface area contributed by atoms with Gasteiger partial charge in [-0.15, -0.1) is 0 Å². The highest BCUT2D eigenvalue weighted by molar-refractivity contribution is 6.31. The molecule has 1 N–H and O–H groups in total. The van der Waals surface area contributed by atoms with E-state index in [1.165, 1.54) is 6.07 Å². The molecule has 1 amide bonds. The Morgan fingerprint density at radius 3 is 2.72 bits per heavy atom. The Bertz CT molecular complexity index is 1160. The first-order chi connectivity index (χ1) is 13.9. The summed E-state index contributed by atoms with van der Waals surface area (Å²) in [4.78, 5) is 25.0. The van der Waals surface area contributed by atoms with E-state index in [-0.39, 0.29) is 18.3 Å². The molecule has 0 saturated heterocycles. The minimum Gasteiger partial charge on any atom is -0.454 e. The highest BCUT2D eigenvalue weighted by Gasteiger charge is 2.20. The van der Waals surface area contributed by atoms with Crippen LogP contribution < -0.4 is 20.3 Å². The molecule has 0 radical (unpaired) electrons. The fourth-order valence-corrected chi connectivity index (χ4v) is 3.12. The van der Waals surface area contributed by atoms with Gasteiger partial charge in [0.2, 0.25) is 12.7 Å². The molecule has 2 aromatic carbocycles. The molecule has 4 rings (SSSR count). The Morgan fingerprint density at radius 2 is 1.93 bits per heavy atom. The van der Waals surface area contributed by atoms with Crippen LogP contribution in [0.4, 0.5) is 5.69 Å². The van der Waals surface area contributed by atoms with Crippen molar-refractivity contribution in [3.8, 4) is 22.8 Å². The topological polar surface area (TPSA) is 82.5 Å². The molecule has 0 aliphatic carbocycles. The monoisotopic (exact) mass is 411 g/mol. The molecular formula is C21H18ClN3O4. The molecule has 8 heteroatoms. The van der Waals surface area contributed by atoms with Crippen LogP contribution in [0.3, 0.4) is 0 Å². The normalized spacial score (nSPS) is 13.2. The largest absolute Gasteiger partial charge is 0.454 e. The first-order valence-corrected chi connectivity index (χ1v) is 9.37. The Balaban J connectivity index is 1.60. The van der Waals surface area contributed by atoms with Gasteiger partial charge in [-0.3, -0.25) is 9.59 Å². The molecule has 7 nitrogen and oxygen atoms in total. The SMILES string of the molecule is Cc1ccc(NC(=O)C(C)n2nc(-c3ccc4c(c3)OCO4)ccc2=O)cc1Cl. The second-order valence-electron chi connectivity index (χ2n) is 6.70. The number of ether oxygens (including phenoxy) is 2. The summed E-state index contributed by atoms with van der Waals surface area (Å²) >= 11 is 6.11. The van der Waals surface area contributed by atoms with Crippen molar-refractivity contribution < 1.29 is 14.3 Å². The molecule has 0 bridgehead atoms. The average Bonchev–Trinajstić information content (AvgIpc) is 3.18. The van der Waals surface area contributed by atoms with Gasteiger partial charge in [-0.2, -0.15) is 5.10 Å². The van der Waals surface area contributed by atoms with Gasteiger partial charge in [0.15, 0.2) is 11.5 Å². The van der Waals surface area contributed by atoms with Crippen molar-refractivity contribution in [2.45, 2.75) is 19.9 Å².